The molecule has 0 unspecified atom stereocenters. The van der Waals surface area contributed by atoms with Crippen LogP contribution in [0.4, 0.5) is 0 Å². The summed E-state index contributed by atoms with van der Waals surface area (Å²) in [7, 11) is 0. The molecule has 2 saturated heterocycles. The number of carbonyl (C=O) groups excluding carboxylic acids is 4. The molecule has 11 nitrogen and oxygen atoms in total. The largest absolute Gasteiger partial charge is 0.391 e. The van der Waals surface area contributed by atoms with Gasteiger partial charge in [0.15, 0.2) is 0 Å². The predicted octanol–water partition coefficient (Wildman–Crippen LogP) is -2.97. The molecule has 164 valence electrons. The van der Waals surface area contributed by atoms with Crippen LogP contribution in [0.2, 0.25) is 0 Å². The van der Waals surface area contributed by atoms with Gasteiger partial charge in [-0.1, -0.05) is 0 Å². The number of nitrogens with two attached hydrogens (primary N) is 2. The summed E-state index contributed by atoms with van der Waals surface area (Å²) in [5, 5.41) is 21.6. The highest BCUT2D eigenvalue weighted by atomic mass is 16.3. The van der Waals surface area contributed by atoms with E-state index in [1.54, 1.807) is 0 Å². The summed E-state index contributed by atoms with van der Waals surface area (Å²) in [4.78, 5) is 52.5. The highest BCUT2D eigenvalue weighted by Gasteiger charge is 2.43. The summed E-state index contributed by atoms with van der Waals surface area (Å²) in [6.45, 7) is 3.44. The monoisotopic (exact) mass is 413 g/mol. The molecule has 0 radical (unpaired) electrons. The van der Waals surface area contributed by atoms with Gasteiger partial charge in [-0.15, -0.1) is 0 Å². The maximum atomic E-state index is 13.1. The van der Waals surface area contributed by atoms with E-state index in [-0.39, 0.29) is 5.91 Å². The summed E-state index contributed by atoms with van der Waals surface area (Å²) in [6, 6.07) is -3.94. The summed E-state index contributed by atoms with van der Waals surface area (Å²) in [6.07, 6.45) is -0.170. The number of nitrogens with zero attached hydrogens (tertiary/aromatic N) is 2. The Bertz CT molecular complexity index is 655. The van der Waals surface area contributed by atoms with E-state index >= 15 is 0 Å². The molecule has 0 saturated carbocycles. The van der Waals surface area contributed by atoms with Crippen LogP contribution in [-0.2, 0) is 19.2 Å². The third-order valence-corrected chi connectivity index (χ3v) is 5.55. The van der Waals surface area contributed by atoms with Crippen molar-refractivity contribution >= 4 is 23.6 Å². The van der Waals surface area contributed by atoms with Gasteiger partial charge in [-0.05, 0) is 39.5 Å². The van der Waals surface area contributed by atoms with Gasteiger partial charge in [0.25, 0.3) is 0 Å². The van der Waals surface area contributed by atoms with Crippen LogP contribution in [0.1, 0.15) is 39.5 Å². The van der Waals surface area contributed by atoms with Gasteiger partial charge in [-0.25, -0.2) is 0 Å². The number of aliphatic hydroxyl groups is 2. The fraction of sp³-hybridized carbons (Fsp3) is 0.778. The number of rotatable bonds is 7. The maximum absolute atomic E-state index is 13.1. The Labute approximate surface area is 169 Å². The Kier molecular flexibility index (Phi) is 7.55. The van der Waals surface area contributed by atoms with E-state index in [1.165, 1.54) is 23.6 Å². The summed E-state index contributed by atoms with van der Waals surface area (Å²) >= 11 is 0. The van der Waals surface area contributed by atoms with E-state index in [1.807, 2.05) is 0 Å². The SMILES string of the molecule is C[C@@H](O)[C@H](N)C(=O)N1CCC[C@@H]1C(=O)N1CCC[C@H]1C(=O)N[C@H](C(N)=O)[C@@H](C)O. The molecule has 7 N–H and O–H groups in total. The minimum absolute atomic E-state index is 0.341. The van der Waals surface area contributed by atoms with Crippen LogP contribution in [0.3, 0.4) is 0 Å². The van der Waals surface area contributed by atoms with E-state index in [4.69, 9.17) is 11.5 Å². The highest BCUT2D eigenvalue weighted by Crippen LogP contribution is 2.25. The van der Waals surface area contributed by atoms with Crippen LogP contribution < -0.4 is 16.8 Å². The van der Waals surface area contributed by atoms with E-state index in [9.17, 15) is 29.4 Å². The second kappa shape index (κ2) is 9.51. The average molecular weight is 413 g/mol. The molecule has 0 aromatic carbocycles. The normalized spacial score (nSPS) is 26.0. The van der Waals surface area contributed by atoms with Gasteiger partial charge >= 0.3 is 0 Å². The van der Waals surface area contributed by atoms with E-state index in [2.05, 4.69) is 5.32 Å². The van der Waals surface area contributed by atoms with Gasteiger partial charge in [-0.2, -0.15) is 0 Å². The molecule has 11 heteroatoms. The number of nitrogens with one attached hydrogen (secondary N) is 1. The zero-order chi connectivity index (χ0) is 21.9. The highest BCUT2D eigenvalue weighted by molar-refractivity contribution is 5.95. The molecular weight excluding hydrogens is 382 g/mol. The first-order valence-electron chi connectivity index (χ1n) is 9.88. The van der Waals surface area contributed by atoms with Crippen molar-refractivity contribution < 1.29 is 29.4 Å². The van der Waals surface area contributed by atoms with Gasteiger partial charge in [-0.3, -0.25) is 19.2 Å². The summed E-state index contributed by atoms with van der Waals surface area (Å²) in [5.74, 6) is -2.31. The van der Waals surface area contributed by atoms with Gasteiger partial charge in [0.2, 0.25) is 23.6 Å². The Hall–Kier alpha value is -2.24. The third kappa shape index (κ3) is 5.03. The number of likely N-dealkylation sites (tertiary alicyclic amines) is 2. The Morgan fingerprint density at radius 1 is 0.966 bits per heavy atom. The molecule has 0 spiro atoms. The van der Waals surface area contributed by atoms with Gasteiger partial charge in [0, 0.05) is 13.1 Å². The molecule has 2 aliphatic heterocycles. The fourth-order valence-corrected chi connectivity index (χ4v) is 3.86. The van der Waals surface area contributed by atoms with Crippen molar-refractivity contribution in [2.75, 3.05) is 13.1 Å². The van der Waals surface area contributed by atoms with Crippen LogP contribution in [0, 0.1) is 0 Å². The lowest BCUT2D eigenvalue weighted by atomic mass is 10.1. The van der Waals surface area contributed by atoms with Crippen molar-refractivity contribution in [1.29, 1.82) is 0 Å². The molecule has 2 aliphatic rings. The topological polar surface area (TPSA) is 179 Å². The van der Waals surface area contributed by atoms with Crippen LogP contribution in [0.25, 0.3) is 0 Å². The molecular formula is C18H31N5O6. The van der Waals surface area contributed by atoms with E-state index < -0.39 is 54.1 Å². The number of hydrogen-bond acceptors (Lipinski definition) is 7. The smallest absolute Gasteiger partial charge is 0.246 e. The first-order valence-corrected chi connectivity index (χ1v) is 9.88. The minimum Gasteiger partial charge on any atom is -0.391 e. The van der Waals surface area contributed by atoms with Crippen molar-refractivity contribution in [2.24, 2.45) is 11.5 Å². The number of aliphatic hydroxyl groups excluding tert-OH is 2. The van der Waals surface area contributed by atoms with Gasteiger partial charge in [0.1, 0.15) is 24.2 Å². The Morgan fingerprint density at radius 2 is 1.52 bits per heavy atom. The lowest BCUT2D eigenvalue weighted by molar-refractivity contribution is -0.148. The van der Waals surface area contributed by atoms with Crippen molar-refractivity contribution in [2.45, 2.75) is 75.9 Å². The van der Waals surface area contributed by atoms with Crippen LogP contribution >= 0.6 is 0 Å². The molecule has 0 aliphatic carbocycles. The zero-order valence-electron chi connectivity index (χ0n) is 16.8. The molecule has 0 aromatic heterocycles. The Morgan fingerprint density at radius 3 is 2.03 bits per heavy atom. The summed E-state index contributed by atoms with van der Waals surface area (Å²) < 4.78 is 0. The fourth-order valence-electron chi connectivity index (χ4n) is 3.86. The van der Waals surface area contributed by atoms with Crippen molar-refractivity contribution in [3.63, 3.8) is 0 Å². The molecule has 29 heavy (non-hydrogen) atoms. The van der Waals surface area contributed by atoms with Crippen LogP contribution in [0.5, 0.6) is 0 Å². The minimum atomic E-state index is -1.26. The average Bonchev–Trinajstić information content (AvgIpc) is 3.32. The Balaban J connectivity index is 2.11. The number of amides is 4. The van der Waals surface area contributed by atoms with E-state index in [0.29, 0.717) is 38.8 Å². The predicted molar refractivity (Wildman–Crippen MR) is 102 cm³/mol. The maximum Gasteiger partial charge on any atom is 0.246 e. The lowest BCUT2D eigenvalue weighted by Crippen LogP contribution is -2.58. The number of primary amides is 1. The quantitative estimate of drug-likeness (QED) is 0.295. The van der Waals surface area contributed by atoms with Gasteiger partial charge < -0.3 is 36.8 Å². The second-order valence-electron chi connectivity index (χ2n) is 7.77. The molecule has 0 bridgehead atoms. The van der Waals surface area contributed by atoms with Gasteiger partial charge in [0.05, 0.1) is 12.2 Å². The first kappa shape index (κ1) is 23.0. The molecule has 2 fully saturated rings. The van der Waals surface area contributed by atoms with Crippen molar-refractivity contribution in [1.82, 2.24) is 15.1 Å². The zero-order valence-corrected chi connectivity index (χ0v) is 16.8. The molecule has 2 heterocycles. The van der Waals surface area contributed by atoms with Crippen molar-refractivity contribution in [3.05, 3.63) is 0 Å². The number of carbonyl (C=O) groups is 4. The van der Waals surface area contributed by atoms with Crippen LogP contribution in [-0.4, -0.2) is 93.1 Å². The lowest BCUT2D eigenvalue weighted by Gasteiger charge is -2.33. The summed E-state index contributed by atoms with van der Waals surface area (Å²) in [5.41, 5.74) is 11.0. The second-order valence-corrected chi connectivity index (χ2v) is 7.77. The van der Waals surface area contributed by atoms with Crippen LogP contribution in [0.15, 0.2) is 0 Å². The molecule has 6 atom stereocenters. The number of hydrogen-bond donors (Lipinski definition) is 5. The molecule has 0 aromatic rings. The van der Waals surface area contributed by atoms with Crippen molar-refractivity contribution in [3.8, 4) is 0 Å². The molecule has 2 rings (SSSR count). The molecule has 4 amide bonds. The first-order chi connectivity index (χ1) is 13.6. The van der Waals surface area contributed by atoms with E-state index in [0.717, 1.165) is 0 Å². The standard InChI is InChI=1S/C18H31N5O6/c1-9(24)13(19)18(29)23-8-4-6-12(23)17(28)22-7-3-5-11(22)16(27)21-14(10(2)25)15(20)26/h9-14,24-25H,3-8,19H2,1-2H3,(H2,20,26)(H,21,27)/t9-,10-,11+,12-,13+,14+/m1/s1. The third-order valence-electron chi connectivity index (χ3n) is 5.55.